The summed E-state index contributed by atoms with van der Waals surface area (Å²) in [5, 5.41) is 2.95. The molecular weight excluding hydrogens is 230 g/mol. The maximum Gasteiger partial charge on any atom is 0.338 e. The Balaban J connectivity index is 1.72. The van der Waals surface area contributed by atoms with Crippen molar-refractivity contribution in [3.63, 3.8) is 0 Å². The van der Waals surface area contributed by atoms with E-state index in [2.05, 4.69) is 15.3 Å². The molecule has 2 aromatic rings. The van der Waals surface area contributed by atoms with E-state index in [0.29, 0.717) is 18.1 Å². The first-order chi connectivity index (χ1) is 8.86. The lowest BCUT2D eigenvalue weighted by atomic mass is 10.2. The van der Waals surface area contributed by atoms with Crippen LogP contribution in [0.25, 0.3) is 0 Å². The van der Waals surface area contributed by atoms with Crippen LogP contribution in [-0.2, 0) is 4.74 Å². The van der Waals surface area contributed by atoms with E-state index in [4.69, 9.17) is 4.74 Å². The minimum absolute atomic E-state index is 0.270. The maximum atomic E-state index is 11.6. The summed E-state index contributed by atoms with van der Waals surface area (Å²) in [6, 6.07) is 10.6. The molecule has 5 heteroatoms. The molecule has 0 aliphatic carbocycles. The van der Waals surface area contributed by atoms with Gasteiger partial charge < -0.3 is 10.1 Å². The summed E-state index contributed by atoms with van der Waals surface area (Å²) in [6.07, 6.45) is 3.29. The van der Waals surface area contributed by atoms with Crippen LogP contribution in [-0.4, -0.2) is 29.1 Å². The first kappa shape index (κ1) is 12.0. The van der Waals surface area contributed by atoms with Crippen LogP contribution in [0.5, 0.6) is 0 Å². The molecule has 0 unspecified atom stereocenters. The molecule has 0 aliphatic rings. The van der Waals surface area contributed by atoms with Gasteiger partial charge in [-0.3, -0.25) is 0 Å². The number of benzene rings is 1. The molecule has 0 spiro atoms. The molecule has 2 rings (SSSR count). The van der Waals surface area contributed by atoms with E-state index >= 15 is 0 Å². The Hall–Kier alpha value is -2.43. The second kappa shape index (κ2) is 6.34. The number of rotatable bonds is 5. The highest BCUT2D eigenvalue weighted by Gasteiger charge is 2.04. The third-order valence-electron chi connectivity index (χ3n) is 2.19. The fourth-order valence-corrected chi connectivity index (χ4v) is 1.35. The Labute approximate surface area is 105 Å². The van der Waals surface area contributed by atoms with Crippen molar-refractivity contribution >= 4 is 11.9 Å². The second-order valence-corrected chi connectivity index (χ2v) is 3.50. The van der Waals surface area contributed by atoms with E-state index in [1.54, 1.807) is 42.7 Å². The molecule has 1 aromatic carbocycles. The Morgan fingerprint density at radius 2 is 1.83 bits per heavy atom. The predicted molar refractivity (Wildman–Crippen MR) is 67.2 cm³/mol. The van der Waals surface area contributed by atoms with E-state index in [1.807, 2.05) is 6.07 Å². The number of anilines is 1. The van der Waals surface area contributed by atoms with Crippen molar-refractivity contribution in [1.82, 2.24) is 9.97 Å². The van der Waals surface area contributed by atoms with Gasteiger partial charge in [-0.1, -0.05) is 18.2 Å². The number of nitrogens with one attached hydrogen (secondary N) is 1. The molecule has 0 saturated heterocycles. The summed E-state index contributed by atoms with van der Waals surface area (Å²) in [5.74, 6) is 0.194. The van der Waals surface area contributed by atoms with Crippen LogP contribution in [0.3, 0.4) is 0 Å². The third kappa shape index (κ3) is 3.55. The van der Waals surface area contributed by atoms with Gasteiger partial charge in [0.1, 0.15) is 6.61 Å². The summed E-state index contributed by atoms with van der Waals surface area (Å²) in [7, 11) is 0. The maximum absolute atomic E-state index is 11.6. The standard InChI is InChI=1S/C13H13N3O2/c17-12(11-5-2-1-3-6-11)18-10-9-16-13-14-7-4-8-15-13/h1-8H,9-10H2,(H,14,15,16). The SMILES string of the molecule is O=C(OCCNc1ncccn1)c1ccccc1. The van der Waals surface area contributed by atoms with Crippen molar-refractivity contribution in [1.29, 1.82) is 0 Å². The third-order valence-corrected chi connectivity index (χ3v) is 2.19. The fraction of sp³-hybridized carbons (Fsp3) is 0.154. The minimum Gasteiger partial charge on any atom is -0.460 e. The van der Waals surface area contributed by atoms with Gasteiger partial charge >= 0.3 is 5.97 Å². The lowest BCUT2D eigenvalue weighted by molar-refractivity contribution is 0.0520. The first-order valence-electron chi connectivity index (χ1n) is 5.59. The molecule has 18 heavy (non-hydrogen) atoms. The Morgan fingerprint density at radius 1 is 1.11 bits per heavy atom. The normalized spacial score (nSPS) is 9.78. The zero-order chi connectivity index (χ0) is 12.6. The van der Waals surface area contributed by atoms with Gasteiger partial charge in [0.2, 0.25) is 5.95 Å². The second-order valence-electron chi connectivity index (χ2n) is 3.50. The number of nitrogens with zero attached hydrogens (tertiary/aromatic N) is 2. The number of aromatic nitrogens is 2. The molecule has 0 fully saturated rings. The van der Waals surface area contributed by atoms with E-state index in [0.717, 1.165) is 0 Å². The van der Waals surface area contributed by atoms with Crippen LogP contribution < -0.4 is 5.32 Å². The molecule has 1 aromatic heterocycles. The highest BCUT2D eigenvalue weighted by atomic mass is 16.5. The predicted octanol–water partition coefficient (Wildman–Crippen LogP) is 1.75. The van der Waals surface area contributed by atoms with Crippen LogP contribution in [0, 0.1) is 0 Å². The largest absolute Gasteiger partial charge is 0.460 e. The number of hydrogen-bond donors (Lipinski definition) is 1. The number of hydrogen-bond acceptors (Lipinski definition) is 5. The molecule has 0 aliphatic heterocycles. The van der Waals surface area contributed by atoms with Crippen molar-refractivity contribution in [3.05, 3.63) is 54.4 Å². The monoisotopic (exact) mass is 243 g/mol. The van der Waals surface area contributed by atoms with Gasteiger partial charge in [-0.25, -0.2) is 14.8 Å². The van der Waals surface area contributed by atoms with Gasteiger partial charge in [0.15, 0.2) is 0 Å². The van der Waals surface area contributed by atoms with Gasteiger partial charge in [0.25, 0.3) is 0 Å². The smallest absolute Gasteiger partial charge is 0.338 e. The highest BCUT2D eigenvalue weighted by molar-refractivity contribution is 5.89. The molecule has 92 valence electrons. The summed E-state index contributed by atoms with van der Waals surface area (Å²) < 4.78 is 5.09. The van der Waals surface area contributed by atoms with Gasteiger partial charge in [-0.05, 0) is 18.2 Å². The average Bonchev–Trinajstić information content (AvgIpc) is 2.45. The van der Waals surface area contributed by atoms with Gasteiger partial charge in [0.05, 0.1) is 12.1 Å². The zero-order valence-electron chi connectivity index (χ0n) is 9.74. The van der Waals surface area contributed by atoms with Crippen molar-refractivity contribution in [2.24, 2.45) is 0 Å². The van der Waals surface area contributed by atoms with E-state index in [9.17, 15) is 4.79 Å². The first-order valence-corrected chi connectivity index (χ1v) is 5.59. The molecule has 0 amide bonds. The molecule has 5 nitrogen and oxygen atoms in total. The van der Waals surface area contributed by atoms with E-state index in [1.165, 1.54) is 0 Å². The lowest BCUT2D eigenvalue weighted by Gasteiger charge is -2.05. The number of carbonyl (C=O) groups excluding carboxylic acids is 1. The van der Waals surface area contributed by atoms with Crippen molar-refractivity contribution in [3.8, 4) is 0 Å². The van der Waals surface area contributed by atoms with Crippen molar-refractivity contribution in [2.75, 3.05) is 18.5 Å². The van der Waals surface area contributed by atoms with E-state index in [-0.39, 0.29) is 12.6 Å². The van der Waals surface area contributed by atoms with Crippen LogP contribution in [0.4, 0.5) is 5.95 Å². The minimum atomic E-state index is -0.327. The van der Waals surface area contributed by atoms with Crippen LogP contribution in [0.15, 0.2) is 48.8 Å². The van der Waals surface area contributed by atoms with Crippen LogP contribution >= 0.6 is 0 Å². The Morgan fingerprint density at radius 3 is 2.56 bits per heavy atom. The molecule has 0 bridgehead atoms. The van der Waals surface area contributed by atoms with E-state index < -0.39 is 0 Å². The summed E-state index contributed by atoms with van der Waals surface area (Å²) in [5.41, 5.74) is 0.550. The fourth-order valence-electron chi connectivity index (χ4n) is 1.35. The zero-order valence-corrected chi connectivity index (χ0v) is 9.74. The van der Waals surface area contributed by atoms with Crippen molar-refractivity contribution in [2.45, 2.75) is 0 Å². The van der Waals surface area contributed by atoms with Gasteiger partial charge in [0, 0.05) is 12.4 Å². The highest BCUT2D eigenvalue weighted by Crippen LogP contribution is 2.00. The number of carbonyl (C=O) groups is 1. The van der Waals surface area contributed by atoms with Gasteiger partial charge in [-0.15, -0.1) is 0 Å². The molecule has 0 radical (unpaired) electrons. The summed E-state index contributed by atoms with van der Waals surface area (Å²) in [6.45, 7) is 0.745. The Kier molecular flexibility index (Phi) is 4.24. The molecule has 1 N–H and O–H groups in total. The quantitative estimate of drug-likeness (QED) is 0.640. The Bertz CT molecular complexity index is 488. The number of esters is 1. The molecular formula is C13H13N3O2. The number of ether oxygens (including phenoxy) is 1. The molecule has 0 saturated carbocycles. The van der Waals surface area contributed by atoms with Crippen molar-refractivity contribution < 1.29 is 9.53 Å². The topological polar surface area (TPSA) is 64.1 Å². The van der Waals surface area contributed by atoms with Crippen LogP contribution in [0.1, 0.15) is 10.4 Å². The van der Waals surface area contributed by atoms with Crippen LogP contribution in [0.2, 0.25) is 0 Å². The van der Waals surface area contributed by atoms with Gasteiger partial charge in [-0.2, -0.15) is 0 Å². The molecule has 0 atom stereocenters. The summed E-state index contributed by atoms with van der Waals surface area (Å²) in [4.78, 5) is 19.6. The average molecular weight is 243 g/mol. The lowest BCUT2D eigenvalue weighted by Crippen LogP contribution is -2.14. The summed E-state index contributed by atoms with van der Waals surface area (Å²) >= 11 is 0. The molecule has 1 heterocycles.